The Morgan fingerprint density at radius 1 is 1.18 bits per heavy atom. The fourth-order valence-corrected chi connectivity index (χ4v) is 8.04. The van der Waals surface area contributed by atoms with E-state index in [9.17, 15) is 13.2 Å². The lowest BCUT2D eigenvalue weighted by Gasteiger charge is -2.40. The molecule has 4 heterocycles. The first-order valence-corrected chi connectivity index (χ1v) is 13.8. The lowest BCUT2D eigenvalue weighted by molar-refractivity contribution is -0.137. The van der Waals surface area contributed by atoms with Crippen LogP contribution in [0.25, 0.3) is 10.2 Å². The highest BCUT2D eigenvalue weighted by Gasteiger charge is 2.50. The first-order valence-electron chi connectivity index (χ1n) is 11.5. The van der Waals surface area contributed by atoms with Crippen LogP contribution < -0.4 is 0 Å². The summed E-state index contributed by atoms with van der Waals surface area (Å²) in [4.78, 5) is 24.7. The average Bonchev–Trinajstić information content (AvgIpc) is 3.30. The van der Waals surface area contributed by atoms with Crippen molar-refractivity contribution in [2.75, 3.05) is 6.54 Å². The number of hydrogen-bond donors (Lipinski definition) is 0. The Hall–Kier alpha value is -2.36. The van der Waals surface area contributed by atoms with Crippen LogP contribution in [0.15, 0.2) is 53.0 Å². The number of fused-ring (bicyclic) bond motifs is 3. The summed E-state index contributed by atoms with van der Waals surface area (Å²) in [6.07, 6.45) is 4.70. The molecule has 7 nitrogen and oxygen atoms in total. The monoisotopic (exact) mass is 484 g/mol. The molecular weight excluding hydrogens is 456 g/mol. The lowest BCUT2D eigenvalue weighted by Crippen LogP contribution is -2.54. The molecule has 2 fully saturated rings. The number of piperidine rings is 1. The van der Waals surface area contributed by atoms with E-state index in [0.29, 0.717) is 13.0 Å². The van der Waals surface area contributed by atoms with E-state index >= 15 is 0 Å². The number of carbonyl (C=O) groups is 1. The molecule has 1 amide bonds. The molecule has 4 atom stereocenters. The first-order chi connectivity index (χ1) is 15.9. The highest BCUT2D eigenvalue weighted by Crippen LogP contribution is 2.40. The van der Waals surface area contributed by atoms with Crippen LogP contribution in [0.1, 0.15) is 51.3 Å². The normalized spacial score (nSPS) is 25.2. The topological polar surface area (TPSA) is 83.5 Å². The number of pyridine rings is 1. The third-order valence-corrected chi connectivity index (χ3v) is 9.86. The molecule has 0 N–H and O–H groups in total. The zero-order chi connectivity index (χ0) is 23.2. The second-order valence-electron chi connectivity index (χ2n) is 8.92. The van der Waals surface area contributed by atoms with Gasteiger partial charge in [0.2, 0.25) is 15.9 Å². The number of thiazole rings is 1. The zero-order valence-corrected chi connectivity index (χ0v) is 20.4. The van der Waals surface area contributed by atoms with Gasteiger partial charge in [0.25, 0.3) is 0 Å². The molecule has 0 aliphatic carbocycles. The maximum atomic E-state index is 14.0. The standard InChI is InChI=1S/C24H28N4O3S2/c1-3-17-14-27(16(2)19-7-4-5-12-25-19)24(29)22-9-6-8-21(17)28(22)33(30,31)18-10-11-20-23(13-18)32-15-26-20/h4-5,7,10-13,15-17,21-22H,3,6,8-9,14H2,1-2H3/t16-,17-,21+,22-/m0/s1. The summed E-state index contributed by atoms with van der Waals surface area (Å²) < 4.78 is 30.4. The van der Waals surface area contributed by atoms with Crippen molar-refractivity contribution in [2.24, 2.45) is 5.92 Å². The van der Waals surface area contributed by atoms with Gasteiger partial charge in [-0.15, -0.1) is 11.3 Å². The van der Waals surface area contributed by atoms with Crippen LogP contribution >= 0.6 is 11.3 Å². The van der Waals surface area contributed by atoms with Crippen molar-refractivity contribution in [2.45, 2.75) is 62.6 Å². The summed E-state index contributed by atoms with van der Waals surface area (Å²) in [5.41, 5.74) is 3.32. The Kier molecular flexibility index (Phi) is 5.96. The summed E-state index contributed by atoms with van der Waals surface area (Å²) in [6.45, 7) is 4.61. The molecule has 174 valence electrons. The van der Waals surface area contributed by atoms with E-state index in [2.05, 4.69) is 16.9 Å². The van der Waals surface area contributed by atoms with Crippen LogP contribution in [0.2, 0.25) is 0 Å². The Morgan fingerprint density at radius 2 is 2.03 bits per heavy atom. The van der Waals surface area contributed by atoms with Crippen molar-refractivity contribution in [3.63, 3.8) is 0 Å². The van der Waals surface area contributed by atoms with Gasteiger partial charge in [0.05, 0.1) is 32.4 Å². The van der Waals surface area contributed by atoms with Crippen molar-refractivity contribution < 1.29 is 13.2 Å². The van der Waals surface area contributed by atoms with E-state index in [0.717, 1.165) is 35.2 Å². The number of aromatic nitrogens is 2. The summed E-state index contributed by atoms with van der Waals surface area (Å²) >= 11 is 1.42. The smallest absolute Gasteiger partial charge is 0.244 e. The quantitative estimate of drug-likeness (QED) is 0.541. The fourth-order valence-electron chi connectivity index (χ4n) is 5.33. The van der Waals surface area contributed by atoms with Crippen molar-refractivity contribution in [3.05, 3.63) is 53.8 Å². The molecule has 9 heteroatoms. The number of hydrogen-bond acceptors (Lipinski definition) is 6. The molecule has 3 aromatic rings. The molecule has 2 saturated heterocycles. The van der Waals surface area contributed by atoms with E-state index < -0.39 is 16.1 Å². The largest absolute Gasteiger partial charge is 0.333 e. The molecule has 2 aliphatic rings. The fraction of sp³-hybridized carbons (Fsp3) is 0.458. The van der Waals surface area contributed by atoms with E-state index in [1.54, 1.807) is 34.2 Å². The van der Waals surface area contributed by atoms with E-state index in [1.165, 1.54) is 11.3 Å². The Bertz CT molecular complexity index is 1260. The zero-order valence-electron chi connectivity index (χ0n) is 18.8. The molecule has 0 saturated carbocycles. The summed E-state index contributed by atoms with van der Waals surface area (Å²) in [7, 11) is -3.85. The molecule has 0 unspecified atom stereocenters. The Labute approximate surface area is 198 Å². The molecule has 1 aromatic carbocycles. The van der Waals surface area contributed by atoms with Gasteiger partial charge in [-0.3, -0.25) is 9.78 Å². The molecule has 2 aliphatic heterocycles. The minimum absolute atomic E-state index is 0.0623. The first kappa shape index (κ1) is 22.4. The van der Waals surface area contributed by atoms with Gasteiger partial charge < -0.3 is 4.90 Å². The van der Waals surface area contributed by atoms with Crippen LogP contribution in [0.3, 0.4) is 0 Å². The van der Waals surface area contributed by atoms with Gasteiger partial charge in [-0.2, -0.15) is 4.31 Å². The van der Waals surface area contributed by atoms with Crippen molar-refractivity contribution in [1.82, 2.24) is 19.2 Å². The Balaban J connectivity index is 1.57. The van der Waals surface area contributed by atoms with E-state index in [1.807, 2.05) is 30.0 Å². The van der Waals surface area contributed by atoms with Crippen LogP contribution in [0.5, 0.6) is 0 Å². The molecule has 0 spiro atoms. The van der Waals surface area contributed by atoms with E-state index in [-0.39, 0.29) is 28.8 Å². The predicted molar refractivity (Wildman–Crippen MR) is 128 cm³/mol. The van der Waals surface area contributed by atoms with Gasteiger partial charge in [-0.05, 0) is 62.4 Å². The minimum Gasteiger partial charge on any atom is -0.333 e. The number of benzene rings is 1. The highest BCUT2D eigenvalue weighted by molar-refractivity contribution is 7.89. The molecule has 2 aromatic heterocycles. The SMILES string of the molecule is CC[C@H]1CN([C@@H](C)c2ccccn2)C(=O)[C@@H]2CCC[C@H]1N2S(=O)(=O)c1ccc2ncsc2c1. The van der Waals surface area contributed by atoms with Gasteiger partial charge in [-0.1, -0.05) is 19.4 Å². The average molecular weight is 485 g/mol. The number of sulfonamides is 1. The van der Waals surface area contributed by atoms with Crippen LogP contribution in [-0.4, -0.2) is 52.1 Å². The predicted octanol–water partition coefficient (Wildman–Crippen LogP) is 4.23. The third-order valence-electron chi connectivity index (χ3n) is 7.14. The number of amides is 1. The third kappa shape index (κ3) is 3.86. The molecule has 33 heavy (non-hydrogen) atoms. The number of carbonyl (C=O) groups excluding carboxylic acids is 1. The van der Waals surface area contributed by atoms with E-state index in [4.69, 9.17) is 0 Å². The molecule has 2 bridgehead atoms. The number of nitrogens with zero attached hydrogens (tertiary/aromatic N) is 4. The maximum absolute atomic E-state index is 14.0. The minimum atomic E-state index is -3.85. The molecule has 0 radical (unpaired) electrons. The van der Waals surface area contributed by atoms with Gasteiger partial charge in [0.1, 0.15) is 6.04 Å². The van der Waals surface area contributed by atoms with Gasteiger partial charge >= 0.3 is 0 Å². The molecule has 5 rings (SSSR count). The van der Waals surface area contributed by atoms with Crippen LogP contribution in [0, 0.1) is 5.92 Å². The van der Waals surface area contributed by atoms with Crippen molar-refractivity contribution >= 4 is 37.5 Å². The maximum Gasteiger partial charge on any atom is 0.244 e. The van der Waals surface area contributed by atoms with Gasteiger partial charge in [-0.25, -0.2) is 13.4 Å². The Morgan fingerprint density at radius 3 is 2.79 bits per heavy atom. The number of rotatable bonds is 5. The highest BCUT2D eigenvalue weighted by atomic mass is 32.2. The van der Waals surface area contributed by atoms with Crippen molar-refractivity contribution in [1.29, 1.82) is 0 Å². The molecular formula is C24H28N4O3S2. The van der Waals surface area contributed by atoms with Crippen LogP contribution in [0.4, 0.5) is 0 Å². The van der Waals surface area contributed by atoms with Crippen molar-refractivity contribution in [3.8, 4) is 0 Å². The second-order valence-corrected chi connectivity index (χ2v) is 11.6. The second kappa shape index (κ2) is 8.77. The van der Waals surface area contributed by atoms with Crippen LogP contribution in [-0.2, 0) is 14.8 Å². The summed E-state index contributed by atoms with van der Waals surface area (Å²) in [5, 5.41) is 0. The van der Waals surface area contributed by atoms with Gasteiger partial charge in [0, 0.05) is 18.8 Å². The summed E-state index contributed by atoms with van der Waals surface area (Å²) in [6, 6.07) is 9.68. The van der Waals surface area contributed by atoms with Gasteiger partial charge in [0.15, 0.2) is 0 Å². The lowest BCUT2D eigenvalue weighted by atomic mass is 9.89. The summed E-state index contributed by atoms with van der Waals surface area (Å²) in [5.74, 6) is -0.0523.